The molecule has 3 N–H and O–H groups in total. The van der Waals surface area contributed by atoms with Crippen LogP contribution in [0.15, 0.2) is 35.3 Å². The summed E-state index contributed by atoms with van der Waals surface area (Å²) in [7, 11) is 0. The lowest BCUT2D eigenvalue weighted by molar-refractivity contribution is 0.0572. The van der Waals surface area contributed by atoms with Crippen molar-refractivity contribution in [3.05, 3.63) is 63.7 Å². The summed E-state index contributed by atoms with van der Waals surface area (Å²) in [5, 5.41) is 22.5. The molecule has 11 heteroatoms. The molecule has 3 aromatic rings. The normalized spacial score (nSPS) is 21.0. The molecule has 1 aliphatic carbocycles. The lowest BCUT2D eigenvalue weighted by Crippen LogP contribution is -2.42. The van der Waals surface area contributed by atoms with Crippen molar-refractivity contribution in [1.82, 2.24) is 14.9 Å². The van der Waals surface area contributed by atoms with Crippen molar-refractivity contribution in [3.63, 3.8) is 0 Å². The van der Waals surface area contributed by atoms with Gasteiger partial charge in [0.05, 0.1) is 17.6 Å². The largest absolute Gasteiger partial charge is 0.389 e. The van der Waals surface area contributed by atoms with Gasteiger partial charge in [-0.3, -0.25) is 14.2 Å². The van der Waals surface area contributed by atoms with Crippen molar-refractivity contribution >= 4 is 22.8 Å². The first-order valence-electron chi connectivity index (χ1n) is 11.8. The van der Waals surface area contributed by atoms with E-state index in [1.165, 1.54) is 12.1 Å². The van der Waals surface area contributed by atoms with E-state index in [4.69, 9.17) is 0 Å². The van der Waals surface area contributed by atoms with Gasteiger partial charge in [-0.15, -0.1) is 0 Å². The van der Waals surface area contributed by atoms with Crippen LogP contribution in [0.1, 0.15) is 36.5 Å². The summed E-state index contributed by atoms with van der Waals surface area (Å²) in [5.41, 5.74) is -1.88. The average Bonchev–Trinajstić information content (AvgIpc) is 3.11. The molecule has 5 rings (SSSR count). The van der Waals surface area contributed by atoms with Gasteiger partial charge in [-0.05, 0) is 37.8 Å². The molecule has 1 unspecified atom stereocenters. The summed E-state index contributed by atoms with van der Waals surface area (Å²) in [5.74, 6) is -3.77. The van der Waals surface area contributed by atoms with E-state index in [0.717, 1.165) is 30.0 Å². The van der Waals surface area contributed by atoms with Crippen LogP contribution in [-0.4, -0.2) is 57.0 Å². The number of fused-ring (bicyclic) bond motifs is 1. The first-order valence-corrected chi connectivity index (χ1v) is 11.8. The van der Waals surface area contributed by atoms with Crippen molar-refractivity contribution in [3.8, 4) is 5.69 Å². The predicted molar refractivity (Wildman–Crippen MR) is 126 cm³/mol. The number of halogens is 3. The van der Waals surface area contributed by atoms with Gasteiger partial charge in [-0.25, -0.2) is 18.2 Å². The number of hydrogen-bond donors (Lipinski definition) is 3. The predicted octanol–water partition coefficient (Wildman–Crippen LogP) is 2.26. The molecule has 3 atom stereocenters. The Bertz CT molecular complexity index is 1380. The summed E-state index contributed by atoms with van der Waals surface area (Å²) in [6.45, 7) is 1.96. The number of aromatic nitrogens is 2. The van der Waals surface area contributed by atoms with Crippen LogP contribution in [0, 0.1) is 23.4 Å². The number of carbonyl (C=O) groups excluding carboxylic acids is 1. The van der Waals surface area contributed by atoms with E-state index in [-0.39, 0.29) is 41.5 Å². The Kier molecular flexibility index (Phi) is 6.21. The maximum absolute atomic E-state index is 14.8. The highest BCUT2D eigenvalue weighted by Gasteiger charge is 2.31. The van der Waals surface area contributed by atoms with Crippen molar-refractivity contribution in [2.45, 2.75) is 44.4 Å². The Hall–Kier alpha value is -3.44. The molecule has 1 saturated heterocycles. The Balaban J connectivity index is 1.67. The minimum atomic E-state index is -1.24. The van der Waals surface area contributed by atoms with Crippen LogP contribution in [-0.2, 0) is 0 Å². The molecular formula is C25H25F3N4O4. The lowest BCUT2D eigenvalue weighted by Gasteiger charge is -2.31. The fourth-order valence-electron chi connectivity index (χ4n) is 4.77. The highest BCUT2D eigenvalue weighted by molar-refractivity contribution is 5.97. The molecule has 2 fully saturated rings. The Morgan fingerprint density at radius 2 is 1.75 bits per heavy atom. The van der Waals surface area contributed by atoms with Gasteiger partial charge < -0.3 is 20.4 Å². The second-order valence-electron chi connectivity index (χ2n) is 9.49. The zero-order chi connectivity index (χ0) is 25.7. The van der Waals surface area contributed by atoms with Gasteiger partial charge in [0.15, 0.2) is 17.3 Å². The highest BCUT2D eigenvalue weighted by atomic mass is 19.1. The Morgan fingerprint density at radius 1 is 1.11 bits per heavy atom. The van der Waals surface area contributed by atoms with Crippen molar-refractivity contribution in [2.75, 3.05) is 18.0 Å². The summed E-state index contributed by atoms with van der Waals surface area (Å²) in [6.07, 6.45) is 1.97. The third kappa shape index (κ3) is 4.22. The number of anilines is 1. The SMILES string of the molecule is CC(NC(=O)c1cn(-c2c(F)cc(F)cc2F)c2nc(N3C[C@@H](O)[C@H](O)C3)ccc2c1=O)C1CCC1. The number of pyridine rings is 2. The smallest absolute Gasteiger partial charge is 0.257 e. The number of aliphatic hydroxyl groups is 2. The van der Waals surface area contributed by atoms with Crippen molar-refractivity contribution in [2.24, 2.45) is 5.92 Å². The summed E-state index contributed by atoms with van der Waals surface area (Å²) < 4.78 is 44.3. The molecule has 1 amide bonds. The molecule has 1 aromatic carbocycles. The number of hydrogen-bond acceptors (Lipinski definition) is 6. The van der Waals surface area contributed by atoms with Crippen LogP contribution < -0.4 is 15.6 Å². The first-order chi connectivity index (χ1) is 17.1. The van der Waals surface area contributed by atoms with Gasteiger partial charge >= 0.3 is 0 Å². The second-order valence-corrected chi connectivity index (χ2v) is 9.49. The summed E-state index contributed by atoms with van der Waals surface area (Å²) >= 11 is 0. The number of nitrogens with zero attached hydrogens (tertiary/aromatic N) is 3. The summed E-state index contributed by atoms with van der Waals surface area (Å²) in [4.78, 5) is 32.3. The molecule has 8 nitrogen and oxygen atoms in total. The van der Waals surface area contributed by atoms with E-state index < -0.39 is 46.7 Å². The van der Waals surface area contributed by atoms with Gasteiger partial charge in [-0.2, -0.15) is 0 Å². The number of amides is 1. The number of benzene rings is 1. The van der Waals surface area contributed by atoms with Crippen LogP contribution in [0.3, 0.4) is 0 Å². The monoisotopic (exact) mass is 502 g/mol. The molecule has 0 bridgehead atoms. The molecular weight excluding hydrogens is 477 g/mol. The Labute approximate surface area is 204 Å². The van der Waals surface area contributed by atoms with Crippen LogP contribution in [0.25, 0.3) is 16.7 Å². The van der Waals surface area contributed by atoms with Crippen LogP contribution in [0.4, 0.5) is 19.0 Å². The highest BCUT2D eigenvalue weighted by Crippen LogP contribution is 2.30. The van der Waals surface area contributed by atoms with Crippen LogP contribution in [0.5, 0.6) is 0 Å². The molecule has 1 saturated carbocycles. The number of rotatable bonds is 5. The molecule has 2 aliphatic rings. The van der Waals surface area contributed by atoms with E-state index in [9.17, 15) is 33.0 Å². The van der Waals surface area contributed by atoms with Gasteiger partial charge in [0, 0.05) is 37.5 Å². The van der Waals surface area contributed by atoms with E-state index in [1.54, 1.807) is 4.90 Å². The maximum atomic E-state index is 14.8. The second kappa shape index (κ2) is 9.21. The summed E-state index contributed by atoms with van der Waals surface area (Å²) in [6, 6.07) is 3.64. The topological polar surface area (TPSA) is 108 Å². The average molecular weight is 502 g/mol. The minimum Gasteiger partial charge on any atom is -0.389 e. The third-order valence-corrected chi connectivity index (χ3v) is 7.10. The number of aliphatic hydroxyl groups excluding tert-OH is 2. The zero-order valence-corrected chi connectivity index (χ0v) is 19.4. The van der Waals surface area contributed by atoms with E-state index >= 15 is 0 Å². The quantitative estimate of drug-likeness (QED) is 0.494. The van der Waals surface area contributed by atoms with Gasteiger partial charge in [0.2, 0.25) is 5.43 Å². The molecule has 0 radical (unpaired) electrons. The minimum absolute atomic E-state index is 0.0583. The van der Waals surface area contributed by atoms with Crippen molar-refractivity contribution < 1.29 is 28.2 Å². The number of β-amino-alcohol motifs (C(OH)–C–C–N with tert-alkyl or cyclic N) is 2. The third-order valence-electron chi connectivity index (χ3n) is 7.10. The van der Waals surface area contributed by atoms with Crippen molar-refractivity contribution in [1.29, 1.82) is 0 Å². The first kappa shape index (κ1) is 24.3. The van der Waals surface area contributed by atoms with Gasteiger partial charge in [-0.1, -0.05) is 6.42 Å². The number of carbonyl (C=O) groups is 1. The zero-order valence-electron chi connectivity index (χ0n) is 19.4. The molecule has 190 valence electrons. The van der Waals surface area contributed by atoms with Crippen LogP contribution in [0.2, 0.25) is 0 Å². The molecule has 0 spiro atoms. The van der Waals surface area contributed by atoms with Crippen LogP contribution >= 0.6 is 0 Å². The van der Waals surface area contributed by atoms with E-state index in [1.807, 2.05) is 6.92 Å². The molecule has 3 heterocycles. The molecule has 2 aromatic heterocycles. The Morgan fingerprint density at radius 3 is 2.33 bits per heavy atom. The van der Waals surface area contributed by atoms with Gasteiger partial charge in [0.1, 0.15) is 22.9 Å². The molecule has 36 heavy (non-hydrogen) atoms. The number of nitrogens with one attached hydrogen (secondary N) is 1. The fraction of sp³-hybridized carbons (Fsp3) is 0.400. The van der Waals surface area contributed by atoms with E-state index in [2.05, 4.69) is 10.3 Å². The fourth-order valence-corrected chi connectivity index (χ4v) is 4.77. The van der Waals surface area contributed by atoms with Gasteiger partial charge in [0.25, 0.3) is 5.91 Å². The van der Waals surface area contributed by atoms with E-state index in [0.29, 0.717) is 18.1 Å². The maximum Gasteiger partial charge on any atom is 0.257 e. The molecule has 1 aliphatic heterocycles. The lowest BCUT2D eigenvalue weighted by atomic mass is 9.80. The standard InChI is InChI=1S/C25H25F3N4O4/c1-12(13-3-2-4-13)29-25(36)16-9-32(22-17(27)7-14(26)8-18(22)28)24-15(23(16)35)5-6-21(30-24)31-10-19(33)20(34)11-31/h5-9,12-13,19-20,33-34H,2-4,10-11H2,1H3,(H,29,36)/t12?,19-,20-/m1/s1.